The molecule has 5 rings (SSSR count). The molecular weight excluding hydrogens is 582 g/mol. The van der Waals surface area contributed by atoms with Gasteiger partial charge in [0.05, 0.1) is 57.1 Å². The number of aliphatic imine (C=N–C) groups is 1. The Labute approximate surface area is 261 Å². The number of esters is 2. The van der Waals surface area contributed by atoms with Gasteiger partial charge in [0.1, 0.15) is 11.5 Å². The van der Waals surface area contributed by atoms with Crippen molar-refractivity contribution in [2.75, 3.05) is 40.5 Å². The maximum Gasteiger partial charge on any atom is 0.338 e. The van der Waals surface area contributed by atoms with Crippen LogP contribution in [0.15, 0.2) is 70.2 Å². The molecule has 0 N–H and O–H groups in total. The minimum atomic E-state index is -0.732. The Morgan fingerprint density at radius 2 is 1.77 bits per heavy atom. The van der Waals surface area contributed by atoms with E-state index in [0.29, 0.717) is 65.3 Å². The summed E-state index contributed by atoms with van der Waals surface area (Å²) in [5.74, 6) is -0.108. The molecule has 1 fully saturated rings. The lowest BCUT2D eigenvalue weighted by Crippen LogP contribution is -2.44. The second kappa shape index (κ2) is 14.0. The number of thioether (sulfide) groups is 1. The molecule has 0 aliphatic carbocycles. The number of methoxy groups -OCH3 is 2. The molecule has 2 aromatic carbocycles. The van der Waals surface area contributed by atoms with Crippen LogP contribution in [0.1, 0.15) is 50.3 Å². The number of hydrogen-bond acceptors (Lipinski definition) is 10. The molecule has 0 spiro atoms. The standard InChI is InChI=1S/C33H37N3O7S/c1-5-42-31(38)22-13-10-16-35(19-22)27(37)17-23-20-44-33-34-29(21-11-8-7-9-12-21)28(32(39)43-6-2)30(36(23)33)25-18-24(40-3)14-15-26(25)41-4/h7-9,11-12,14-15,18,20,22,30H,5-6,10,13,16-17,19H2,1-4H3/t22-,30+/m0/s1. The van der Waals surface area contributed by atoms with E-state index < -0.39 is 12.0 Å². The molecule has 0 saturated carbocycles. The first-order valence-corrected chi connectivity index (χ1v) is 15.6. The van der Waals surface area contributed by atoms with Crippen LogP contribution in [0.2, 0.25) is 0 Å². The molecule has 0 aromatic heterocycles. The topological polar surface area (TPSA) is 107 Å². The van der Waals surface area contributed by atoms with Crippen molar-refractivity contribution in [1.82, 2.24) is 9.80 Å². The highest BCUT2D eigenvalue weighted by atomic mass is 32.2. The molecule has 3 aliphatic rings. The number of hydrogen-bond donors (Lipinski definition) is 0. The Bertz CT molecular complexity index is 1500. The molecule has 3 aliphatic heterocycles. The van der Waals surface area contributed by atoms with E-state index in [9.17, 15) is 14.4 Å². The molecule has 3 heterocycles. The van der Waals surface area contributed by atoms with Crippen molar-refractivity contribution in [3.05, 3.63) is 76.3 Å². The smallest absolute Gasteiger partial charge is 0.338 e. The first-order valence-electron chi connectivity index (χ1n) is 14.8. The van der Waals surface area contributed by atoms with Crippen molar-refractivity contribution in [1.29, 1.82) is 0 Å². The lowest BCUT2D eigenvalue weighted by atomic mass is 9.90. The summed E-state index contributed by atoms with van der Waals surface area (Å²) in [4.78, 5) is 48.6. The molecular formula is C33H37N3O7S. The number of ether oxygens (including phenoxy) is 4. The molecule has 232 valence electrons. The zero-order valence-corrected chi connectivity index (χ0v) is 26.2. The van der Waals surface area contributed by atoms with E-state index in [0.717, 1.165) is 12.0 Å². The van der Waals surface area contributed by atoms with Crippen molar-refractivity contribution in [2.45, 2.75) is 39.2 Å². The third kappa shape index (κ3) is 6.33. The van der Waals surface area contributed by atoms with Gasteiger partial charge in [-0.3, -0.25) is 9.59 Å². The van der Waals surface area contributed by atoms with E-state index in [-0.39, 0.29) is 30.8 Å². The van der Waals surface area contributed by atoms with Crippen molar-refractivity contribution >= 4 is 40.5 Å². The van der Waals surface area contributed by atoms with Crippen LogP contribution in [0.5, 0.6) is 11.5 Å². The molecule has 1 amide bonds. The van der Waals surface area contributed by atoms with Crippen molar-refractivity contribution in [3.8, 4) is 11.5 Å². The minimum absolute atomic E-state index is 0.0567. The number of amidine groups is 1. The molecule has 2 aromatic rings. The van der Waals surface area contributed by atoms with Gasteiger partial charge in [0.15, 0.2) is 5.17 Å². The van der Waals surface area contributed by atoms with Gasteiger partial charge < -0.3 is 28.7 Å². The number of carbonyl (C=O) groups is 3. The number of piperidine rings is 1. The van der Waals surface area contributed by atoms with Crippen molar-refractivity contribution in [2.24, 2.45) is 10.9 Å². The number of carbonyl (C=O) groups excluding carboxylic acids is 3. The predicted octanol–water partition coefficient (Wildman–Crippen LogP) is 5.17. The normalized spacial score (nSPS) is 19.5. The predicted molar refractivity (Wildman–Crippen MR) is 168 cm³/mol. The van der Waals surface area contributed by atoms with Gasteiger partial charge in [-0.2, -0.15) is 0 Å². The lowest BCUT2D eigenvalue weighted by molar-refractivity contribution is -0.151. The van der Waals surface area contributed by atoms with E-state index in [1.54, 1.807) is 45.1 Å². The van der Waals surface area contributed by atoms with Crippen LogP contribution in [0.3, 0.4) is 0 Å². The zero-order chi connectivity index (χ0) is 31.2. The Morgan fingerprint density at radius 3 is 2.48 bits per heavy atom. The molecule has 44 heavy (non-hydrogen) atoms. The van der Waals surface area contributed by atoms with Gasteiger partial charge in [-0.1, -0.05) is 42.1 Å². The largest absolute Gasteiger partial charge is 0.497 e. The van der Waals surface area contributed by atoms with Gasteiger partial charge >= 0.3 is 11.9 Å². The van der Waals surface area contributed by atoms with E-state index in [1.807, 2.05) is 46.7 Å². The molecule has 0 radical (unpaired) electrons. The molecule has 0 unspecified atom stereocenters. The van der Waals surface area contributed by atoms with E-state index in [4.69, 9.17) is 23.9 Å². The van der Waals surface area contributed by atoms with E-state index >= 15 is 0 Å². The van der Waals surface area contributed by atoms with E-state index in [2.05, 4.69) is 0 Å². The van der Waals surface area contributed by atoms with Crippen LogP contribution in [-0.4, -0.2) is 73.3 Å². The summed E-state index contributed by atoms with van der Waals surface area (Å²) in [6, 6.07) is 14.2. The molecule has 1 saturated heterocycles. The number of likely N-dealkylation sites (tertiary alicyclic amines) is 1. The fourth-order valence-electron chi connectivity index (χ4n) is 5.76. The van der Waals surface area contributed by atoms with Crippen LogP contribution in [0.25, 0.3) is 5.70 Å². The second-order valence-electron chi connectivity index (χ2n) is 10.5. The van der Waals surface area contributed by atoms with Crippen LogP contribution < -0.4 is 9.47 Å². The summed E-state index contributed by atoms with van der Waals surface area (Å²) < 4.78 is 22.2. The SMILES string of the molecule is CCOC(=O)C1=C(c2ccccc2)N=C2SC=C(CC(=O)N3CCC[C@H](C(=O)OCC)C3)N2[C@@H]1c1cc(OC)ccc1OC. The van der Waals surface area contributed by atoms with E-state index in [1.165, 1.54) is 11.8 Å². The average molecular weight is 620 g/mol. The summed E-state index contributed by atoms with van der Waals surface area (Å²) in [5, 5.41) is 2.53. The summed E-state index contributed by atoms with van der Waals surface area (Å²) in [6.07, 6.45) is 1.47. The van der Waals surface area contributed by atoms with Gasteiger partial charge in [0.2, 0.25) is 5.91 Å². The lowest BCUT2D eigenvalue weighted by Gasteiger charge is -2.38. The Balaban J connectivity index is 1.57. The minimum Gasteiger partial charge on any atom is -0.497 e. The molecule has 10 nitrogen and oxygen atoms in total. The Kier molecular flexibility index (Phi) is 9.94. The third-order valence-corrected chi connectivity index (χ3v) is 8.70. The highest BCUT2D eigenvalue weighted by molar-refractivity contribution is 8.16. The van der Waals surface area contributed by atoms with Crippen LogP contribution in [-0.2, 0) is 23.9 Å². The number of benzene rings is 2. The van der Waals surface area contributed by atoms with Crippen LogP contribution >= 0.6 is 11.8 Å². The highest BCUT2D eigenvalue weighted by Gasteiger charge is 2.44. The number of nitrogens with zero attached hydrogens (tertiary/aromatic N) is 3. The summed E-state index contributed by atoms with van der Waals surface area (Å²) >= 11 is 1.39. The summed E-state index contributed by atoms with van der Waals surface area (Å²) in [6.45, 7) is 4.91. The molecule has 2 atom stereocenters. The van der Waals surface area contributed by atoms with Gasteiger partial charge in [-0.25, -0.2) is 9.79 Å². The number of rotatable bonds is 10. The van der Waals surface area contributed by atoms with Crippen LogP contribution in [0.4, 0.5) is 0 Å². The quantitative estimate of drug-likeness (QED) is 0.333. The summed E-state index contributed by atoms with van der Waals surface area (Å²) in [7, 11) is 3.15. The number of amides is 1. The molecule has 0 bridgehead atoms. The van der Waals surface area contributed by atoms with Gasteiger partial charge in [0.25, 0.3) is 0 Å². The van der Waals surface area contributed by atoms with Crippen LogP contribution in [0, 0.1) is 5.92 Å². The molecule has 11 heteroatoms. The van der Waals surface area contributed by atoms with Gasteiger partial charge in [-0.05, 0) is 50.3 Å². The Hall–Kier alpha value is -4.25. The fourth-order valence-corrected chi connectivity index (χ4v) is 6.68. The Morgan fingerprint density at radius 1 is 1.00 bits per heavy atom. The first kappa shape index (κ1) is 31.2. The highest BCUT2D eigenvalue weighted by Crippen LogP contribution is 2.49. The third-order valence-electron chi connectivity index (χ3n) is 7.81. The first-order chi connectivity index (χ1) is 21.4. The summed E-state index contributed by atoms with van der Waals surface area (Å²) in [5.41, 5.74) is 2.93. The monoisotopic (exact) mass is 619 g/mol. The maximum absolute atomic E-state index is 13.8. The zero-order valence-electron chi connectivity index (χ0n) is 25.4. The number of fused-ring (bicyclic) bond motifs is 1. The fraction of sp³-hybridized carbons (Fsp3) is 0.394. The van der Waals surface area contributed by atoms with Gasteiger partial charge in [0, 0.05) is 29.9 Å². The second-order valence-corrected chi connectivity index (χ2v) is 11.3. The maximum atomic E-state index is 13.8. The van der Waals surface area contributed by atoms with Crippen molar-refractivity contribution in [3.63, 3.8) is 0 Å². The average Bonchev–Trinajstić information content (AvgIpc) is 3.46. The van der Waals surface area contributed by atoms with Crippen molar-refractivity contribution < 1.29 is 33.3 Å². The van der Waals surface area contributed by atoms with Gasteiger partial charge in [-0.15, -0.1) is 0 Å².